The third-order valence-electron chi connectivity index (χ3n) is 4.49. The lowest BCUT2D eigenvalue weighted by Crippen LogP contribution is -2.51. The van der Waals surface area contributed by atoms with Crippen molar-refractivity contribution in [2.75, 3.05) is 31.5 Å². The van der Waals surface area contributed by atoms with E-state index in [2.05, 4.69) is 5.32 Å². The van der Waals surface area contributed by atoms with E-state index in [0.717, 1.165) is 11.3 Å². The first kappa shape index (κ1) is 18.3. The van der Waals surface area contributed by atoms with Crippen molar-refractivity contribution in [3.05, 3.63) is 65.2 Å². The van der Waals surface area contributed by atoms with Crippen molar-refractivity contribution in [3.63, 3.8) is 0 Å². The van der Waals surface area contributed by atoms with Gasteiger partial charge in [0.25, 0.3) is 0 Å². The quantitative estimate of drug-likeness (QED) is 0.891. The van der Waals surface area contributed by atoms with Gasteiger partial charge < -0.3 is 15.1 Å². The van der Waals surface area contributed by atoms with Crippen LogP contribution in [0, 0.1) is 0 Å². The number of nitrogens with one attached hydrogen (secondary N) is 1. The van der Waals surface area contributed by atoms with E-state index in [1.807, 2.05) is 59.5 Å². The van der Waals surface area contributed by atoms with Gasteiger partial charge in [0, 0.05) is 43.3 Å². The van der Waals surface area contributed by atoms with Crippen LogP contribution in [0.2, 0.25) is 5.02 Å². The summed E-state index contributed by atoms with van der Waals surface area (Å²) in [6.45, 7) is 2.24. The van der Waals surface area contributed by atoms with E-state index in [4.69, 9.17) is 11.6 Å². The average molecular weight is 372 g/mol. The van der Waals surface area contributed by atoms with Crippen molar-refractivity contribution in [2.24, 2.45) is 0 Å². The van der Waals surface area contributed by atoms with Crippen LogP contribution in [0.4, 0.5) is 10.5 Å². The lowest BCUT2D eigenvalue weighted by atomic mass is 10.1. The zero-order valence-corrected chi connectivity index (χ0v) is 15.3. The molecular formula is C20H22ClN3O2. The van der Waals surface area contributed by atoms with Gasteiger partial charge >= 0.3 is 6.03 Å². The van der Waals surface area contributed by atoms with Crippen LogP contribution in [0.3, 0.4) is 0 Å². The minimum atomic E-state index is -0.121. The molecule has 26 heavy (non-hydrogen) atoms. The number of para-hydroxylation sites is 1. The SMILES string of the molecule is O=C(CCc1ccc(Cl)cc1)N1CCN(C(=O)Nc2ccccc2)CC1. The molecule has 0 saturated carbocycles. The number of benzene rings is 2. The molecule has 0 spiro atoms. The topological polar surface area (TPSA) is 52.7 Å². The van der Waals surface area contributed by atoms with E-state index >= 15 is 0 Å². The van der Waals surface area contributed by atoms with Gasteiger partial charge in [-0.2, -0.15) is 0 Å². The number of rotatable bonds is 4. The van der Waals surface area contributed by atoms with Gasteiger partial charge in [-0.05, 0) is 36.2 Å². The predicted octanol–water partition coefficient (Wildman–Crippen LogP) is 3.65. The van der Waals surface area contributed by atoms with Crippen LogP contribution in [-0.2, 0) is 11.2 Å². The zero-order valence-electron chi connectivity index (χ0n) is 14.5. The molecule has 0 radical (unpaired) electrons. The first-order valence-electron chi connectivity index (χ1n) is 8.75. The lowest BCUT2D eigenvalue weighted by molar-refractivity contribution is -0.132. The summed E-state index contributed by atoms with van der Waals surface area (Å²) in [5.41, 5.74) is 1.88. The Morgan fingerprint density at radius 3 is 2.15 bits per heavy atom. The summed E-state index contributed by atoms with van der Waals surface area (Å²) in [4.78, 5) is 28.3. The van der Waals surface area contributed by atoms with E-state index < -0.39 is 0 Å². The summed E-state index contributed by atoms with van der Waals surface area (Å²) in [5, 5.41) is 3.58. The summed E-state index contributed by atoms with van der Waals surface area (Å²) in [6.07, 6.45) is 1.17. The molecule has 0 atom stereocenters. The molecule has 1 aliphatic rings. The Morgan fingerprint density at radius 1 is 0.885 bits per heavy atom. The molecule has 0 aromatic heterocycles. The largest absolute Gasteiger partial charge is 0.339 e. The Labute approximate surface area is 158 Å². The fraction of sp³-hybridized carbons (Fsp3) is 0.300. The van der Waals surface area contributed by atoms with E-state index in [1.54, 1.807) is 4.90 Å². The molecule has 1 saturated heterocycles. The summed E-state index contributed by atoms with van der Waals surface area (Å²) in [6, 6.07) is 16.8. The minimum Gasteiger partial charge on any atom is -0.339 e. The van der Waals surface area contributed by atoms with E-state index in [9.17, 15) is 9.59 Å². The normalized spacial score (nSPS) is 14.2. The van der Waals surface area contributed by atoms with Crippen molar-refractivity contribution >= 4 is 29.2 Å². The molecule has 136 valence electrons. The third-order valence-corrected chi connectivity index (χ3v) is 4.74. The second-order valence-corrected chi connectivity index (χ2v) is 6.73. The zero-order chi connectivity index (χ0) is 18.4. The summed E-state index contributed by atoms with van der Waals surface area (Å²) < 4.78 is 0. The predicted molar refractivity (Wildman–Crippen MR) is 103 cm³/mol. The molecule has 3 rings (SSSR count). The number of hydrogen-bond donors (Lipinski definition) is 1. The fourth-order valence-corrected chi connectivity index (χ4v) is 3.07. The Morgan fingerprint density at radius 2 is 1.50 bits per heavy atom. The molecule has 1 heterocycles. The van der Waals surface area contributed by atoms with Gasteiger partial charge in [0.05, 0.1) is 0 Å². The van der Waals surface area contributed by atoms with Crippen LogP contribution >= 0.6 is 11.6 Å². The number of carbonyl (C=O) groups excluding carboxylic acids is 2. The first-order valence-corrected chi connectivity index (χ1v) is 9.13. The number of amides is 3. The summed E-state index contributed by atoms with van der Waals surface area (Å²) >= 11 is 5.87. The smallest absolute Gasteiger partial charge is 0.321 e. The highest BCUT2D eigenvalue weighted by molar-refractivity contribution is 6.30. The van der Waals surface area contributed by atoms with Gasteiger partial charge in [-0.3, -0.25) is 4.79 Å². The number of piperazine rings is 1. The maximum absolute atomic E-state index is 12.4. The van der Waals surface area contributed by atoms with E-state index in [0.29, 0.717) is 44.0 Å². The number of carbonyl (C=O) groups is 2. The van der Waals surface area contributed by atoms with Crippen LogP contribution < -0.4 is 5.32 Å². The number of halogens is 1. The number of aryl methyl sites for hydroxylation is 1. The number of urea groups is 1. The van der Waals surface area contributed by atoms with Crippen molar-refractivity contribution in [3.8, 4) is 0 Å². The van der Waals surface area contributed by atoms with Crippen molar-refractivity contribution in [2.45, 2.75) is 12.8 Å². The summed E-state index contributed by atoms with van der Waals surface area (Å²) in [5.74, 6) is 0.128. The Hall–Kier alpha value is -2.53. The van der Waals surface area contributed by atoms with Crippen LogP contribution in [-0.4, -0.2) is 47.9 Å². The number of anilines is 1. The molecule has 5 nitrogen and oxygen atoms in total. The standard InChI is InChI=1S/C20H22ClN3O2/c21-17-9-6-16(7-10-17)8-11-19(25)23-12-14-24(15-13-23)20(26)22-18-4-2-1-3-5-18/h1-7,9-10H,8,11-15H2,(H,22,26). The number of hydrogen-bond acceptors (Lipinski definition) is 2. The Balaban J connectivity index is 1.43. The maximum atomic E-state index is 12.4. The van der Waals surface area contributed by atoms with Gasteiger partial charge in [0.15, 0.2) is 0 Å². The van der Waals surface area contributed by atoms with Crippen molar-refractivity contribution in [1.29, 1.82) is 0 Å². The van der Waals surface area contributed by atoms with Crippen LogP contribution in [0.5, 0.6) is 0 Å². The van der Waals surface area contributed by atoms with Gasteiger partial charge in [0.2, 0.25) is 5.91 Å². The molecule has 0 bridgehead atoms. The minimum absolute atomic E-state index is 0.121. The highest BCUT2D eigenvalue weighted by Crippen LogP contribution is 2.13. The maximum Gasteiger partial charge on any atom is 0.321 e. The van der Waals surface area contributed by atoms with Crippen LogP contribution in [0.15, 0.2) is 54.6 Å². The molecule has 3 amide bonds. The first-order chi connectivity index (χ1) is 12.6. The monoisotopic (exact) mass is 371 g/mol. The van der Waals surface area contributed by atoms with E-state index in [-0.39, 0.29) is 11.9 Å². The van der Waals surface area contributed by atoms with E-state index in [1.165, 1.54) is 0 Å². The molecule has 0 unspecified atom stereocenters. The van der Waals surface area contributed by atoms with Crippen LogP contribution in [0.25, 0.3) is 0 Å². The molecule has 2 aromatic carbocycles. The highest BCUT2D eigenvalue weighted by Gasteiger charge is 2.23. The summed E-state index contributed by atoms with van der Waals surface area (Å²) in [7, 11) is 0. The second kappa shape index (κ2) is 8.72. The Kier molecular flexibility index (Phi) is 6.12. The molecule has 1 aliphatic heterocycles. The lowest BCUT2D eigenvalue weighted by Gasteiger charge is -2.34. The molecule has 0 aliphatic carbocycles. The average Bonchev–Trinajstić information content (AvgIpc) is 2.68. The highest BCUT2D eigenvalue weighted by atomic mass is 35.5. The van der Waals surface area contributed by atoms with Crippen LogP contribution in [0.1, 0.15) is 12.0 Å². The molecule has 1 fully saturated rings. The van der Waals surface area contributed by atoms with Gasteiger partial charge in [-0.25, -0.2) is 4.79 Å². The Bertz CT molecular complexity index is 741. The molecule has 1 N–H and O–H groups in total. The van der Waals surface area contributed by atoms with Gasteiger partial charge in [-0.15, -0.1) is 0 Å². The third kappa shape index (κ3) is 4.99. The van der Waals surface area contributed by atoms with Crippen molar-refractivity contribution in [1.82, 2.24) is 9.80 Å². The second-order valence-electron chi connectivity index (χ2n) is 6.29. The molecule has 2 aromatic rings. The molecular weight excluding hydrogens is 350 g/mol. The van der Waals surface area contributed by atoms with Gasteiger partial charge in [-0.1, -0.05) is 41.9 Å². The van der Waals surface area contributed by atoms with Gasteiger partial charge in [0.1, 0.15) is 0 Å². The van der Waals surface area contributed by atoms with Crippen molar-refractivity contribution < 1.29 is 9.59 Å². The fourth-order valence-electron chi connectivity index (χ4n) is 2.94. The number of nitrogens with zero attached hydrogens (tertiary/aromatic N) is 2. The molecule has 6 heteroatoms.